The van der Waals surface area contributed by atoms with Gasteiger partial charge in [0.1, 0.15) is 12.4 Å². The summed E-state index contributed by atoms with van der Waals surface area (Å²) in [7, 11) is 0. The first-order valence-electron chi connectivity index (χ1n) is 7.84. The minimum absolute atomic E-state index is 0.633. The summed E-state index contributed by atoms with van der Waals surface area (Å²) in [5.41, 5.74) is 2.47. The molecule has 0 amide bonds. The summed E-state index contributed by atoms with van der Waals surface area (Å²) in [6.45, 7) is 3.91. The van der Waals surface area contributed by atoms with Gasteiger partial charge in [-0.15, -0.1) is 0 Å². The molecule has 0 aromatic heterocycles. The predicted octanol–water partition coefficient (Wildman–Crippen LogP) is 4.12. The maximum Gasteiger partial charge on any atom is 0.119 e. The van der Waals surface area contributed by atoms with E-state index < -0.39 is 0 Å². The van der Waals surface area contributed by atoms with Gasteiger partial charge in [0, 0.05) is 12.6 Å². The van der Waals surface area contributed by atoms with Gasteiger partial charge in [-0.2, -0.15) is 0 Å². The van der Waals surface area contributed by atoms with Crippen molar-refractivity contribution >= 4 is 0 Å². The second-order valence-corrected chi connectivity index (χ2v) is 5.82. The van der Waals surface area contributed by atoms with Crippen molar-refractivity contribution in [2.45, 2.75) is 25.8 Å². The van der Waals surface area contributed by atoms with E-state index in [1.807, 2.05) is 18.2 Å². The average Bonchev–Trinajstić information content (AvgIpc) is 3.38. The Kier molecular flexibility index (Phi) is 4.56. The summed E-state index contributed by atoms with van der Waals surface area (Å²) in [6.07, 6.45) is 2.77. The zero-order chi connectivity index (χ0) is 14.5. The first-order valence-corrected chi connectivity index (χ1v) is 7.84. The normalized spacial score (nSPS) is 15.7. The van der Waals surface area contributed by atoms with Crippen molar-refractivity contribution in [1.29, 1.82) is 0 Å². The van der Waals surface area contributed by atoms with Crippen molar-refractivity contribution in [1.82, 2.24) is 5.32 Å². The van der Waals surface area contributed by atoms with Crippen LogP contribution in [0.4, 0.5) is 0 Å². The topological polar surface area (TPSA) is 21.3 Å². The molecule has 1 fully saturated rings. The van der Waals surface area contributed by atoms with Gasteiger partial charge in [-0.1, -0.05) is 42.5 Å². The second-order valence-electron chi connectivity index (χ2n) is 5.82. The minimum Gasteiger partial charge on any atom is -0.492 e. The summed E-state index contributed by atoms with van der Waals surface area (Å²) in [4.78, 5) is 0. The lowest BCUT2D eigenvalue weighted by Gasteiger charge is -2.13. The molecule has 1 atom stereocenters. The minimum atomic E-state index is 0.633. The van der Waals surface area contributed by atoms with Crippen molar-refractivity contribution in [3.8, 4) is 16.9 Å². The quantitative estimate of drug-likeness (QED) is 0.771. The molecule has 2 aromatic carbocycles. The maximum absolute atomic E-state index is 5.78. The molecule has 0 bridgehead atoms. The van der Waals surface area contributed by atoms with E-state index in [0.717, 1.165) is 24.8 Å². The molecule has 0 heterocycles. The van der Waals surface area contributed by atoms with Crippen LogP contribution in [0.3, 0.4) is 0 Å². The Morgan fingerprint density at radius 2 is 1.67 bits per heavy atom. The van der Waals surface area contributed by atoms with Gasteiger partial charge >= 0.3 is 0 Å². The van der Waals surface area contributed by atoms with Gasteiger partial charge in [0.25, 0.3) is 0 Å². The molecule has 3 rings (SSSR count). The molecule has 0 saturated heterocycles. The standard InChI is InChI=1S/C19H23NO/c1-15(16-7-8-16)20-13-14-21-19-11-9-18(10-12-19)17-5-3-2-4-6-17/h2-6,9-12,15-16,20H,7-8,13-14H2,1H3. The Morgan fingerprint density at radius 1 is 1.00 bits per heavy atom. The molecule has 0 radical (unpaired) electrons. The van der Waals surface area contributed by atoms with Gasteiger partial charge in [0.15, 0.2) is 0 Å². The molecule has 2 heteroatoms. The number of hydrogen-bond acceptors (Lipinski definition) is 2. The summed E-state index contributed by atoms with van der Waals surface area (Å²) in [5.74, 6) is 1.84. The fraction of sp³-hybridized carbons (Fsp3) is 0.368. The van der Waals surface area contributed by atoms with Gasteiger partial charge in [0.05, 0.1) is 0 Å². The van der Waals surface area contributed by atoms with E-state index in [1.54, 1.807) is 0 Å². The van der Waals surface area contributed by atoms with E-state index in [4.69, 9.17) is 4.74 Å². The average molecular weight is 281 g/mol. The van der Waals surface area contributed by atoms with Gasteiger partial charge < -0.3 is 10.1 Å². The molecule has 21 heavy (non-hydrogen) atoms. The van der Waals surface area contributed by atoms with E-state index in [9.17, 15) is 0 Å². The summed E-state index contributed by atoms with van der Waals surface area (Å²) < 4.78 is 5.78. The SMILES string of the molecule is CC(NCCOc1ccc(-c2ccccc2)cc1)C1CC1. The van der Waals surface area contributed by atoms with Crippen LogP contribution in [0.2, 0.25) is 0 Å². The van der Waals surface area contributed by atoms with Gasteiger partial charge in [-0.05, 0) is 48.9 Å². The van der Waals surface area contributed by atoms with E-state index in [0.29, 0.717) is 6.04 Å². The molecule has 110 valence electrons. The van der Waals surface area contributed by atoms with Crippen LogP contribution < -0.4 is 10.1 Å². The van der Waals surface area contributed by atoms with E-state index >= 15 is 0 Å². The van der Waals surface area contributed by atoms with Crippen molar-refractivity contribution in [3.05, 3.63) is 54.6 Å². The molecule has 1 unspecified atom stereocenters. The zero-order valence-corrected chi connectivity index (χ0v) is 12.6. The molecule has 0 spiro atoms. The van der Waals surface area contributed by atoms with Gasteiger partial charge in [-0.3, -0.25) is 0 Å². The predicted molar refractivity (Wildman–Crippen MR) is 87.6 cm³/mol. The molecular formula is C19H23NO. The van der Waals surface area contributed by atoms with Crippen LogP contribution in [-0.4, -0.2) is 19.2 Å². The summed E-state index contributed by atoms with van der Waals surface area (Å²) in [5, 5.41) is 3.53. The largest absolute Gasteiger partial charge is 0.492 e. The first kappa shape index (κ1) is 14.2. The molecule has 2 aromatic rings. The summed E-state index contributed by atoms with van der Waals surface area (Å²) in [6, 6.07) is 19.4. The highest BCUT2D eigenvalue weighted by Gasteiger charge is 2.27. The molecule has 0 aliphatic heterocycles. The van der Waals surface area contributed by atoms with Gasteiger partial charge in [0.2, 0.25) is 0 Å². The van der Waals surface area contributed by atoms with Gasteiger partial charge in [-0.25, -0.2) is 0 Å². The molecule has 1 aliphatic carbocycles. The van der Waals surface area contributed by atoms with E-state index in [-0.39, 0.29) is 0 Å². The number of hydrogen-bond donors (Lipinski definition) is 1. The Balaban J connectivity index is 1.46. The molecule has 2 nitrogen and oxygen atoms in total. The molecule has 1 saturated carbocycles. The molecular weight excluding hydrogens is 258 g/mol. The Hall–Kier alpha value is -1.80. The molecule has 1 N–H and O–H groups in total. The monoisotopic (exact) mass is 281 g/mol. The Bertz CT molecular complexity index is 546. The number of rotatable bonds is 7. The van der Waals surface area contributed by atoms with Crippen LogP contribution in [0, 0.1) is 5.92 Å². The fourth-order valence-corrected chi connectivity index (χ4v) is 2.59. The lowest BCUT2D eigenvalue weighted by molar-refractivity contribution is 0.303. The highest BCUT2D eigenvalue weighted by Crippen LogP contribution is 2.32. The van der Waals surface area contributed by atoms with Crippen LogP contribution >= 0.6 is 0 Å². The van der Waals surface area contributed by atoms with Crippen LogP contribution in [0.5, 0.6) is 5.75 Å². The maximum atomic E-state index is 5.78. The number of nitrogens with one attached hydrogen (secondary N) is 1. The number of benzene rings is 2. The van der Waals surface area contributed by atoms with E-state index in [1.165, 1.54) is 24.0 Å². The van der Waals surface area contributed by atoms with Crippen molar-refractivity contribution in [2.75, 3.05) is 13.2 Å². The lowest BCUT2D eigenvalue weighted by atomic mass is 10.1. The summed E-state index contributed by atoms with van der Waals surface area (Å²) >= 11 is 0. The highest BCUT2D eigenvalue weighted by molar-refractivity contribution is 5.63. The van der Waals surface area contributed by atoms with E-state index in [2.05, 4.69) is 48.6 Å². The van der Waals surface area contributed by atoms with Crippen molar-refractivity contribution in [3.63, 3.8) is 0 Å². The zero-order valence-electron chi connectivity index (χ0n) is 12.6. The molecule has 1 aliphatic rings. The number of ether oxygens (including phenoxy) is 1. The third-order valence-electron chi connectivity index (χ3n) is 4.13. The van der Waals surface area contributed by atoms with Crippen LogP contribution in [0.1, 0.15) is 19.8 Å². The van der Waals surface area contributed by atoms with Crippen LogP contribution in [0.25, 0.3) is 11.1 Å². The van der Waals surface area contributed by atoms with Crippen molar-refractivity contribution in [2.24, 2.45) is 5.92 Å². The smallest absolute Gasteiger partial charge is 0.119 e. The van der Waals surface area contributed by atoms with Crippen LogP contribution in [-0.2, 0) is 0 Å². The van der Waals surface area contributed by atoms with Crippen LogP contribution in [0.15, 0.2) is 54.6 Å². The Morgan fingerprint density at radius 3 is 2.33 bits per heavy atom. The first-order chi connectivity index (χ1) is 10.3. The Labute approximate surface area is 127 Å². The highest BCUT2D eigenvalue weighted by atomic mass is 16.5. The second kappa shape index (κ2) is 6.77. The lowest BCUT2D eigenvalue weighted by Crippen LogP contribution is -2.31. The van der Waals surface area contributed by atoms with Crippen molar-refractivity contribution < 1.29 is 4.74 Å². The fourth-order valence-electron chi connectivity index (χ4n) is 2.59. The third kappa shape index (κ3) is 4.08. The third-order valence-corrected chi connectivity index (χ3v) is 4.13.